The molecule has 4 aliphatic rings. The lowest BCUT2D eigenvalue weighted by molar-refractivity contribution is -0.143. The zero-order chi connectivity index (χ0) is 25.2. The smallest absolute Gasteiger partial charge is 0.308 e. The third-order valence-corrected chi connectivity index (χ3v) is 10.6. The standard InChI is InChI=1S/C31H48O4/c1-5-6-7-8-9-10-11-12-13-22-20-27(34)31(4)18-16-24-23(28(22)31)14-15-25-29(35-21(2)32)26(33)17-19-30(24,25)3/h22-24,28H,5-20H2,1-4H3/t22?,23-,24-,28+,30-,31-/m1/s1. The molecule has 0 aliphatic heterocycles. The zero-order valence-electron chi connectivity index (χ0n) is 22.8. The van der Waals surface area contributed by atoms with E-state index < -0.39 is 5.97 Å². The largest absolute Gasteiger partial charge is 0.423 e. The van der Waals surface area contributed by atoms with Gasteiger partial charge >= 0.3 is 5.97 Å². The number of carbonyl (C=O) groups excluding carboxylic acids is 3. The Bertz CT molecular complexity index is 856. The van der Waals surface area contributed by atoms with Crippen LogP contribution in [0.25, 0.3) is 0 Å². The molecule has 0 heterocycles. The molecule has 0 aromatic rings. The van der Waals surface area contributed by atoms with E-state index in [1.165, 1.54) is 64.7 Å². The number of hydrogen-bond donors (Lipinski definition) is 0. The van der Waals surface area contributed by atoms with Crippen LogP contribution in [0.1, 0.15) is 130 Å². The molecule has 0 spiro atoms. The van der Waals surface area contributed by atoms with Crippen LogP contribution >= 0.6 is 0 Å². The van der Waals surface area contributed by atoms with Crippen molar-refractivity contribution in [1.82, 2.24) is 0 Å². The predicted molar refractivity (Wildman–Crippen MR) is 139 cm³/mol. The lowest BCUT2D eigenvalue weighted by Gasteiger charge is -2.57. The fourth-order valence-electron chi connectivity index (χ4n) is 8.79. The van der Waals surface area contributed by atoms with Crippen molar-refractivity contribution >= 4 is 17.5 Å². The normalized spacial score (nSPS) is 36.6. The number of allylic oxidation sites excluding steroid dienone is 1. The highest BCUT2D eigenvalue weighted by Crippen LogP contribution is 2.66. The third kappa shape index (κ3) is 5.05. The van der Waals surface area contributed by atoms with Gasteiger partial charge in [-0.05, 0) is 73.2 Å². The van der Waals surface area contributed by atoms with E-state index in [-0.39, 0.29) is 16.6 Å². The first kappa shape index (κ1) is 26.6. The van der Waals surface area contributed by atoms with Crippen molar-refractivity contribution in [3.05, 3.63) is 11.3 Å². The minimum absolute atomic E-state index is 0.00427. The van der Waals surface area contributed by atoms with E-state index in [1.807, 2.05) is 0 Å². The third-order valence-electron chi connectivity index (χ3n) is 10.6. The fourth-order valence-corrected chi connectivity index (χ4v) is 8.79. The van der Waals surface area contributed by atoms with Crippen LogP contribution in [0.15, 0.2) is 11.3 Å². The van der Waals surface area contributed by atoms with Gasteiger partial charge in [0, 0.05) is 25.2 Å². The van der Waals surface area contributed by atoms with Crippen molar-refractivity contribution in [2.45, 2.75) is 130 Å². The molecule has 3 fully saturated rings. The van der Waals surface area contributed by atoms with Gasteiger partial charge in [-0.2, -0.15) is 0 Å². The van der Waals surface area contributed by atoms with Gasteiger partial charge in [0.2, 0.25) is 0 Å². The summed E-state index contributed by atoms with van der Waals surface area (Å²) in [6.45, 7) is 8.25. The zero-order valence-corrected chi connectivity index (χ0v) is 22.8. The Morgan fingerprint density at radius 2 is 1.60 bits per heavy atom. The number of hydrogen-bond acceptors (Lipinski definition) is 4. The molecule has 196 valence electrons. The van der Waals surface area contributed by atoms with E-state index in [0.29, 0.717) is 41.6 Å². The maximum absolute atomic E-state index is 13.3. The predicted octanol–water partition coefficient (Wildman–Crippen LogP) is 7.74. The molecule has 3 saturated carbocycles. The van der Waals surface area contributed by atoms with Crippen LogP contribution in [-0.4, -0.2) is 17.5 Å². The summed E-state index contributed by atoms with van der Waals surface area (Å²) in [4.78, 5) is 37.8. The van der Waals surface area contributed by atoms with Crippen molar-refractivity contribution in [2.24, 2.45) is 34.5 Å². The van der Waals surface area contributed by atoms with Gasteiger partial charge in [0.15, 0.2) is 11.5 Å². The number of unbranched alkanes of at least 4 members (excludes halogenated alkanes) is 7. The Morgan fingerprint density at radius 1 is 0.914 bits per heavy atom. The van der Waals surface area contributed by atoms with Crippen LogP contribution in [0.5, 0.6) is 0 Å². The minimum atomic E-state index is -0.393. The Morgan fingerprint density at radius 3 is 2.29 bits per heavy atom. The molecule has 0 aromatic carbocycles. The molecule has 6 atom stereocenters. The van der Waals surface area contributed by atoms with Crippen molar-refractivity contribution in [2.75, 3.05) is 0 Å². The topological polar surface area (TPSA) is 60.4 Å². The number of carbonyl (C=O) groups is 3. The molecular formula is C31H48O4. The number of Topliss-reactive ketones (excluding diaryl/α,β-unsaturated/α-hetero) is 2. The molecular weight excluding hydrogens is 436 g/mol. The second-order valence-corrected chi connectivity index (χ2v) is 12.7. The second-order valence-electron chi connectivity index (χ2n) is 12.7. The molecule has 4 aliphatic carbocycles. The van der Waals surface area contributed by atoms with E-state index in [4.69, 9.17) is 4.74 Å². The van der Waals surface area contributed by atoms with Gasteiger partial charge in [-0.3, -0.25) is 14.4 Å². The molecule has 0 N–H and O–H groups in total. The van der Waals surface area contributed by atoms with Gasteiger partial charge < -0.3 is 4.74 Å². The van der Waals surface area contributed by atoms with E-state index in [9.17, 15) is 14.4 Å². The molecule has 0 amide bonds. The molecule has 35 heavy (non-hydrogen) atoms. The van der Waals surface area contributed by atoms with Gasteiger partial charge in [0.1, 0.15) is 5.78 Å². The Hall–Kier alpha value is -1.45. The molecule has 4 rings (SSSR count). The lowest BCUT2D eigenvalue weighted by Crippen LogP contribution is -2.52. The molecule has 0 bridgehead atoms. The summed E-state index contributed by atoms with van der Waals surface area (Å²) in [5.41, 5.74) is 0.849. The monoisotopic (exact) mass is 484 g/mol. The SMILES string of the molecule is CCCCCCCCCCC1CC(=O)[C@@]2(C)CC[C@@H]3[C@@H](CCC4=C(OC(C)=O)C(=O)CC[C@@]43C)[C@H]12. The molecule has 1 unspecified atom stereocenters. The molecule has 0 aromatic heterocycles. The summed E-state index contributed by atoms with van der Waals surface area (Å²) < 4.78 is 5.51. The Balaban J connectivity index is 1.47. The van der Waals surface area contributed by atoms with Crippen molar-refractivity contribution in [3.8, 4) is 0 Å². The average molecular weight is 485 g/mol. The van der Waals surface area contributed by atoms with Gasteiger partial charge in [0.05, 0.1) is 0 Å². The average Bonchev–Trinajstić information content (AvgIpc) is 3.07. The van der Waals surface area contributed by atoms with Gasteiger partial charge in [-0.1, -0.05) is 72.1 Å². The summed E-state index contributed by atoms with van der Waals surface area (Å²) in [5, 5.41) is 0. The van der Waals surface area contributed by atoms with Crippen LogP contribution in [0.2, 0.25) is 0 Å². The molecule has 0 radical (unpaired) electrons. The summed E-state index contributed by atoms with van der Waals surface area (Å²) >= 11 is 0. The first-order chi connectivity index (χ1) is 16.7. The molecule has 4 nitrogen and oxygen atoms in total. The van der Waals surface area contributed by atoms with E-state index in [2.05, 4.69) is 20.8 Å². The highest BCUT2D eigenvalue weighted by Gasteiger charge is 2.62. The quantitative estimate of drug-likeness (QED) is 0.235. The van der Waals surface area contributed by atoms with Crippen LogP contribution < -0.4 is 0 Å². The van der Waals surface area contributed by atoms with Crippen LogP contribution in [-0.2, 0) is 19.1 Å². The molecule has 0 saturated heterocycles. The Kier molecular flexibility index (Phi) is 8.28. The lowest BCUT2D eigenvalue weighted by atomic mass is 9.46. The fraction of sp³-hybridized carbons (Fsp3) is 0.839. The number of ketones is 2. The van der Waals surface area contributed by atoms with Crippen molar-refractivity contribution < 1.29 is 19.1 Å². The maximum Gasteiger partial charge on any atom is 0.308 e. The maximum atomic E-state index is 13.3. The first-order valence-corrected chi connectivity index (χ1v) is 14.7. The highest BCUT2D eigenvalue weighted by molar-refractivity contribution is 5.97. The van der Waals surface area contributed by atoms with E-state index in [0.717, 1.165) is 44.1 Å². The summed E-state index contributed by atoms with van der Waals surface area (Å²) in [5.74, 6) is 2.49. The van der Waals surface area contributed by atoms with Gasteiger partial charge in [-0.15, -0.1) is 0 Å². The summed E-state index contributed by atoms with van der Waals surface area (Å²) in [6, 6.07) is 0. The number of fused-ring (bicyclic) bond motifs is 5. The van der Waals surface area contributed by atoms with Crippen LogP contribution in [0.4, 0.5) is 0 Å². The first-order valence-electron chi connectivity index (χ1n) is 14.7. The summed E-state index contributed by atoms with van der Waals surface area (Å²) in [6.07, 6.45) is 17.8. The van der Waals surface area contributed by atoms with Crippen molar-refractivity contribution in [3.63, 3.8) is 0 Å². The second kappa shape index (κ2) is 10.9. The molecule has 4 heteroatoms. The van der Waals surface area contributed by atoms with E-state index >= 15 is 0 Å². The van der Waals surface area contributed by atoms with Gasteiger partial charge in [0.25, 0.3) is 0 Å². The van der Waals surface area contributed by atoms with Gasteiger partial charge in [-0.25, -0.2) is 0 Å². The summed E-state index contributed by atoms with van der Waals surface area (Å²) in [7, 11) is 0. The highest BCUT2D eigenvalue weighted by atomic mass is 16.5. The van der Waals surface area contributed by atoms with Crippen LogP contribution in [0, 0.1) is 34.5 Å². The minimum Gasteiger partial charge on any atom is -0.423 e. The number of rotatable bonds is 10. The Labute approximate surface area is 213 Å². The number of esters is 1. The van der Waals surface area contributed by atoms with E-state index in [1.54, 1.807) is 0 Å². The van der Waals surface area contributed by atoms with Crippen LogP contribution in [0.3, 0.4) is 0 Å². The number of ether oxygens (including phenoxy) is 1. The van der Waals surface area contributed by atoms with Crippen molar-refractivity contribution in [1.29, 1.82) is 0 Å².